The fraction of sp³-hybridized carbons (Fsp3) is 0.875. The number of nitrogens with one attached hydrogen (secondary N) is 1. The van der Waals surface area contributed by atoms with Crippen LogP contribution in [-0.2, 0) is 14.3 Å². The lowest BCUT2D eigenvalue weighted by molar-refractivity contribution is -0.165. The van der Waals surface area contributed by atoms with Gasteiger partial charge in [0.15, 0.2) is 5.60 Å². The van der Waals surface area contributed by atoms with E-state index in [0.717, 1.165) is 25.9 Å². The van der Waals surface area contributed by atoms with Crippen molar-refractivity contribution in [2.45, 2.75) is 45.3 Å². The lowest BCUT2D eigenvalue weighted by atomic mass is 9.93. The topological polar surface area (TPSA) is 61.9 Å². The number of hydrogen-bond donors (Lipinski definition) is 1. The van der Waals surface area contributed by atoms with Crippen LogP contribution in [0.2, 0.25) is 0 Å². The number of piperidine rings is 1. The number of nitrogens with zero attached hydrogens (tertiary/aromatic N) is 2. The van der Waals surface area contributed by atoms with Gasteiger partial charge in [0.05, 0.1) is 13.2 Å². The van der Waals surface area contributed by atoms with Crippen LogP contribution in [0.1, 0.15) is 33.6 Å². The number of morpholine rings is 1. The standard InChI is InChI=1S/C16H29N3O3/c1-12(2)18-7-5-13(6-8-18)14(20)19-9-10-22-16(3,11-19)15(21)17-4/h12-13H,5-11H2,1-4H3,(H,17,21)/t16-/m0/s1. The van der Waals surface area contributed by atoms with E-state index in [1.54, 1.807) is 14.0 Å². The Morgan fingerprint density at radius 3 is 2.41 bits per heavy atom. The second kappa shape index (κ2) is 6.96. The lowest BCUT2D eigenvalue weighted by Crippen LogP contribution is -2.60. The normalized spacial score (nSPS) is 28.0. The molecule has 2 amide bonds. The van der Waals surface area contributed by atoms with Gasteiger partial charge in [0.1, 0.15) is 0 Å². The first-order valence-electron chi connectivity index (χ1n) is 8.26. The van der Waals surface area contributed by atoms with Crippen molar-refractivity contribution in [3.63, 3.8) is 0 Å². The molecule has 22 heavy (non-hydrogen) atoms. The molecule has 6 heteroatoms. The minimum Gasteiger partial charge on any atom is -0.362 e. The predicted octanol–water partition coefficient (Wildman–Crippen LogP) is 0.470. The van der Waals surface area contributed by atoms with Gasteiger partial charge in [-0.15, -0.1) is 0 Å². The molecule has 0 radical (unpaired) electrons. The molecule has 0 aromatic heterocycles. The van der Waals surface area contributed by atoms with Crippen LogP contribution < -0.4 is 5.32 Å². The zero-order valence-corrected chi connectivity index (χ0v) is 14.2. The Bertz CT molecular complexity index is 419. The average Bonchev–Trinajstić information content (AvgIpc) is 2.53. The van der Waals surface area contributed by atoms with Gasteiger partial charge in [-0.1, -0.05) is 0 Å². The van der Waals surface area contributed by atoms with E-state index < -0.39 is 5.60 Å². The second-order valence-electron chi connectivity index (χ2n) is 6.82. The molecule has 0 aromatic carbocycles. The van der Waals surface area contributed by atoms with Crippen LogP contribution in [0.15, 0.2) is 0 Å². The third-order valence-electron chi connectivity index (χ3n) is 4.90. The molecule has 2 rings (SSSR count). The first-order valence-corrected chi connectivity index (χ1v) is 8.26. The maximum Gasteiger partial charge on any atom is 0.253 e. The van der Waals surface area contributed by atoms with Gasteiger partial charge >= 0.3 is 0 Å². The van der Waals surface area contributed by atoms with Gasteiger partial charge in [0, 0.05) is 25.6 Å². The molecule has 2 aliphatic heterocycles. The Balaban J connectivity index is 1.94. The molecule has 6 nitrogen and oxygen atoms in total. The van der Waals surface area contributed by atoms with E-state index in [2.05, 4.69) is 24.1 Å². The molecule has 126 valence electrons. The molecule has 0 aliphatic carbocycles. The molecule has 0 saturated carbocycles. The summed E-state index contributed by atoms with van der Waals surface area (Å²) in [7, 11) is 1.60. The molecule has 0 bridgehead atoms. The lowest BCUT2D eigenvalue weighted by Gasteiger charge is -2.41. The van der Waals surface area contributed by atoms with E-state index >= 15 is 0 Å². The quantitative estimate of drug-likeness (QED) is 0.823. The van der Waals surface area contributed by atoms with Gasteiger partial charge in [-0.05, 0) is 46.7 Å². The van der Waals surface area contributed by atoms with E-state index in [0.29, 0.717) is 25.7 Å². The maximum atomic E-state index is 12.7. The molecule has 1 N–H and O–H groups in total. The number of amides is 2. The highest BCUT2D eigenvalue weighted by atomic mass is 16.5. The summed E-state index contributed by atoms with van der Waals surface area (Å²) in [5, 5.41) is 2.62. The largest absolute Gasteiger partial charge is 0.362 e. The number of carbonyl (C=O) groups excluding carboxylic acids is 2. The third kappa shape index (κ3) is 3.60. The molecule has 0 spiro atoms. The minimum absolute atomic E-state index is 0.0852. The average molecular weight is 311 g/mol. The highest BCUT2D eigenvalue weighted by Crippen LogP contribution is 2.24. The summed E-state index contributed by atoms with van der Waals surface area (Å²) in [6, 6.07) is 0.538. The van der Waals surface area contributed by atoms with E-state index in [-0.39, 0.29) is 17.7 Å². The Morgan fingerprint density at radius 1 is 1.23 bits per heavy atom. The first-order chi connectivity index (χ1) is 10.4. The van der Waals surface area contributed by atoms with Crippen LogP contribution in [0.4, 0.5) is 0 Å². The van der Waals surface area contributed by atoms with Crippen molar-refractivity contribution in [3.05, 3.63) is 0 Å². The van der Waals surface area contributed by atoms with Crippen molar-refractivity contribution in [3.8, 4) is 0 Å². The zero-order chi connectivity index (χ0) is 16.3. The van der Waals surface area contributed by atoms with Crippen molar-refractivity contribution in [1.29, 1.82) is 0 Å². The van der Waals surface area contributed by atoms with Gasteiger partial charge in [-0.2, -0.15) is 0 Å². The summed E-state index contributed by atoms with van der Waals surface area (Å²) in [5.74, 6) is 0.100. The van der Waals surface area contributed by atoms with Gasteiger partial charge < -0.3 is 19.9 Å². The van der Waals surface area contributed by atoms with Gasteiger partial charge in [0.2, 0.25) is 5.91 Å². The molecule has 0 unspecified atom stereocenters. The van der Waals surface area contributed by atoms with Crippen LogP contribution in [0.3, 0.4) is 0 Å². The van der Waals surface area contributed by atoms with Crippen molar-refractivity contribution in [2.75, 3.05) is 39.8 Å². The molecule has 1 atom stereocenters. The molecule has 0 aromatic rings. The smallest absolute Gasteiger partial charge is 0.253 e. The summed E-state index contributed by atoms with van der Waals surface area (Å²) in [4.78, 5) is 28.9. The summed E-state index contributed by atoms with van der Waals surface area (Å²) < 4.78 is 5.62. The van der Waals surface area contributed by atoms with Crippen LogP contribution >= 0.6 is 0 Å². The fourth-order valence-electron chi connectivity index (χ4n) is 3.38. The van der Waals surface area contributed by atoms with Crippen molar-refractivity contribution >= 4 is 11.8 Å². The van der Waals surface area contributed by atoms with Crippen LogP contribution in [0.25, 0.3) is 0 Å². The monoisotopic (exact) mass is 311 g/mol. The number of likely N-dealkylation sites (N-methyl/N-ethyl adjacent to an activating group) is 1. The summed E-state index contributed by atoms with van der Waals surface area (Å²) >= 11 is 0. The van der Waals surface area contributed by atoms with E-state index in [1.165, 1.54) is 0 Å². The number of rotatable bonds is 3. The van der Waals surface area contributed by atoms with E-state index in [9.17, 15) is 9.59 Å². The Labute approximate surface area is 133 Å². The van der Waals surface area contributed by atoms with Crippen molar-refractivity contribution in [2.24, 2.45) is 5.92 Å². The van der Waals surface area contributed by atoms with Gasteiger partial charge in [-0.25, -0.2) is 0 Å². The fourth-order valence-corrected chi connectivity index (χ4v) is 3.38. The van der Waals surface area contributed by atoms with Crippen LogP contribution in [-0.4, -0.2) is 73.1 Å². The van der Waals surface area contributed by atoms with Gasteiger partial charge in [-0.3, -0.25) is 9.59 Å². The first kappa shape index (κ1) is 17.2. The third-order valence-corrected chi connectivity index (χ3v) is 4.90. The molecule has 2 heterocycles. The number of carbonyl (C=O) groups is 2. The molecule has 2 saturated heterocycles. The van der Waals surface area contributed by atoms with E-state index in [4.69, 9.17) is 4.74 Å². The predicted molar refractivity (Wildman–Crippen MR) is 84.4 cm³/mol. The van der Waals surface area contributed by atoms with Crippen molar-refractivity contribution in [1.82, 2.24) is 15.1 Å². The Morgan fingerprint density at radius 2 is 1.86 bits per heavy atom. The second-order valence-corrected chi connectivity index (χ2v) is 6.82. The Hall–Kier alpha value is -1.14. The minimum atomic E-state index is -0.929. The summed E-state index contributed by atoms with van der Waals surface area (Å²) in [6.45, 7) is 9.44. The molecular weight excluding hydrogens is 282 g/mol. The maximum absolute atomic E-state index is 12.7. The number of ether oxygens (including phenoxy) is 1. The highest BCUT2D eigenvalue weighted by Gasteiger charge is 2.41. The summed E-state index contributed by atoms with van der Waals surface area (Å²) in [5.41, 5.74) is -0.929. The van der Waals surface area contributed by atoms with Crippen molar-refractivity contribution < 1.29 is 14.3 Å². The van der Waals surface area contributed by atoms with Gasteiger partial charge in [0.25, 0.3) is 5.91 Å². The number of likely N-dealkylation sites (tertiary alicyclic amines) is 1. The summed E-state index contributed by atoms with van der Waals surface area (Å²) in [6.07, 6.45) is 1.82. The SMILES string of the molecule is CNC(=O)[C@]1(C)CN(C(=O)C2CCN(C(C)C)CC2)CCO1. The Kier molecular flexibility index (Phi) is 5.45. The zero-order valence-electron chi connectivity index (χ0n) is 14.2. The van der Waals surface area contributed by atoms with Crippen LogP contribution in [0, 0.1) is 5.92 Å². The van der Waals surface area contributed by atoms with E-state index in [1.807, 2.05) is 4.90 Å². The molecular formula is C16H29N3O3. The van der Waals surface area contributed by atoms with Crippen LogP contribution in [0.5, 0.6) is 0 Å². The number of hydrogen-bond acceptors (Lipinski definition) is 4. The molecule has 2 fully saturated rings. The highest BCUT2D eigenvalue weighted by molar-refractivity contribution is 5.86. The molecule has 2 aliphatic rings.